The van der Waals surface area contributed by atoms with Gasteiger partial charge in [0.1, 0.15) is 12.1 Å². The van der Waals surface area contributed by atoms with E-state index < -0.39 is 40.0 Å². The van der Waals surface area contributed by atoms with E-state index in [9.17, 15) is 31.2 Å². The van der Waals surface area contributed by atoms with Crippen LogP contribution in [0.2, 0.25) is 0 Å². The number of carbonyl (C=O) groups is 2. The van der Waals surface area contributed by atoms with Crippen LogP contribution in [-0.2, 0) is 14.9 Å². The Kier molecular flexibility index (Phi) is 4.66. The van der Waals surface area contributed by atoms with Crippen molar-refractivity contribution in [1.82, 2.24) is 24.1 Å². The molecule has 4 aliphatic rings. The topological polar surface area (TPSA) is 111 Å². The lowest BCUT2D eigenvalue weighted by Gasteiger charge is -2.48. The first-order chi connectivity index (χ1) is 13.5. The molecule has 3 amide bonds. The Morgan fingerprint density at radius 2 is 1.76 bits per heavy atom. The van der Waals surface area contributed by atoms with Gasteiger partial charge in [-0.05, 0) is 12.8 Å². The molecular weight excluding hydrogens is 419 g/mol. The highest BCUT2D eigenvalue weighted by Gasteiger charge is 2.63. The summed E-state index contributed by atoms with van der Waals surface area (Å²) in [7, 11) is -4.05. The summed E-state index contributed by atoms with van der Waals surface area (Å²) in [5, 5.41) is 2.67. The summed E-state index contributed by atoms with van der Waals surface area (Å²) in [6.07, 6.45) is -5.10. The molecule has 10 nitrogen and oxygen atoms in total. The highest BCUT2D eigenvalue weighted by molar-refractivity contribution is 7.87. The summed E-state index contributed by atoms with van der Waals surface area (Å²) in [5.41, 5.74) is -2.50. The van der Waals surface area contributed by atoms with Crippen molar-refractivity contribution in [3.63, 3.8) is 0 Å². The molecule has 0 aromatic rings. The Morgan fingerprint density at radius 3 is 2.24 bits per heavy atom. The molecule has 1 spiro atoms. The fraction of sp³-hybridized carbons (Fsp3) is 0.867. The summed E-state index contributed by atoms with van der Waals surface area (Å²) >= 11 is 0. The average molecular weight is 441 g/mol. The summed E-state index contributed by atoms with van der Waals surface area (Å²) in [4.78, 5) is 26.7. The molecule has 1 aliphatic carbocycles. The first kappa shape index (κ1) is 20.5. The zero-order valence-corrected chi connectivity index (χ0v) is 16.3. The van der Waals surface area contributed by atoms with Crippen LogP contribution in [0.1, 0.15) is 12.8 Å². The van der Waals surface area contributed by atoms with Gasteiger partial charge in [0.25, 0.3) is 10.2 Å². The zero-order chi connectivity index (χ0) is 21.1. The van der Waals surface area contributed by atoms with Crippen LogP contribution in [0, 0.1) is 5.41 Å². The molecule has 4 rings (SSSR count). The van der Waals surface area contributed by atoms with E-state index in [2.05, 4.69) is 10.0 Å². The molecule has 0 unspecified atom stereocenters. The van der Waals surface area contributed by atoms with E-state index in [0.717, 1.165) is 4.31 Å². The van der Waals surface area contributed by atoms with Crippen molar-refractivity contribution in [2.75, 3.05) is 52.4 Å². The lowest BCUT2D eigenvalue weighted by atomic mass is 9.92. The molecule has 0 radical (unpaired) electrons. The molecule has 29 heavy (non-hydrogen) atoms. The third-order valence-corrected chi connectivity index (χ3v) is 7.56. The molecule has 3 saturated heterocycles. The third-order valence-electron chi connectivity index (χ3n) is 6.00. The second kappa shape index (κ2) is 6.60. The standard InChI is InChI=1S/C15H22F3N5O5S/c16-15(17,18)13(1-2-13)7-19-29(26,27)23-5-3-21(4-6-23)12(25)22-8-14(9-22)10-28-11(24)20-14/h19H,1-10H2,(H,20,24). The predicted molar refractivity (Wildman–Crippen MR) is 92.0 cm³/mol. The van der Waals surface area contributed by atoms with Gasteiger partial charge in [0.2, 0.25) is 0 Å². The number of hydrogen-bond acceptors (Lipinski definition) is 5. The number of nitrogens with zero attached hydrogens (tertiary/aromatic N) is 3. The number of likely N-dealkylation sites (tertiary alicyclic amines) is 1. The Balaban J connectivity index is 1.25. The van der Waals surface area contributed by atoms with Gasteiger partial charge in [-0.25, -0.2) is 14.3 Å². The maximum absolute atomic E-state index is 13.0. The average Bonchev–Trinajstić information content (AvgIpc) is 3.34. The fourth-order valence-electron chi connectivity index (χ4n) is 3.83. The number of carbonyl (C=O) groups excluding carboxylic acids is 2. The molecule has 0 aromatic carbocycles. The minimum Gasteiger partial charge on any atom is -0.447 e. The van der Waals surface area contributed by atoms with Crippen LogP contribution in [0.4, 0.5) is 22.8 Å². The molecular formula is C15H22F3N5O5S. The van der Waals surface area contributed by atoms with Gasteiger partial charge in [-0.15, -0.1) is 0 Å². The van der Waals surface area contributed by atoms with Crippen LogP contribution in [0.15, 0.2) is 0 Å². The Labute approximate surface area is 165 Å². The number of piperazine rings is 1. The van der Waals surface area contributed by atoms with E-state index in [1.165, 1.54) is 9.80 Å². The number of nitrogens with one attached hydrogen (secondary N) is 2. The Bertz CT molecular complexity index is 802. The number of amides is 3. The lowest BCUT2D eigenvalue weighted by molar-refractivity contribution is -0.184. The molecule has 4 fully saturated rings. The van der Waals surface area contributed by atoms with Gasteiger partial charge in [0, 0.05) is 32.7 Å². The summed E-state index contributed by atoms with van der Waals surface area (Å²) in [6, 6.07) is -0.268. The minimum absolute atomic E-state index is 0.00107. The monoisotopic (exact) mass is 441 g/mol. The first-order valence-corrected chi connectivity index (χ1v) is 10.7. The number of alkyl halides is 3. The molecule has 2 N–H and O–H groups in total. The summed E-state index contributed by atoms with van der Waals surface area (Å²) in [6.45, 7) is 0.438. The van der Waals surface area contributed by atoms with Crippen LogP contribution in [0.25, 0.3) is 0 Å². The minimum atomic E-state index is -4.43. The lowest BCUT2D eigenvalue weighted by Crippen LogP contribution is -2.72. The quantitative estimate of drug-likeness (QED) is 0.622. The fourth-order valence-corrected chi connectivity index (χ4v) is 5.12. The maximum atomic E-state index is 13.0. The van der Waals surface area contributed by atoms with Crippen molar-refractivity contribution in [2.45, 2.75) is 24.6 Å². The number of alkyl carbamates (subject to hydrolysis) is 1. The van der Waals surface area contributed by atoms with E-state index in [1.54, 1.807) is 0 Å². The largest absolute Gasteiger partial charge is 0.447 e. The number of ether oxygens (including phenoxy) is 1. The van der Waals surface area contributed by atoms with E-state index in [-0.39, 0.29) is 51.7 Å². The van der Waals surface area contributed by atoms with E-state index in [1.807, 2.05) is 0 Å². The smallest absolute Gasteiger partial charge is 0.407 e. The molecule has 3 aliphatic heterocycles. The SMILES string of the molecule is O=C1NC2(CO1)CN(C(=O)N1CCN(S(=O)(=O)NCC3(C(F)(F)F)CC3)CC1)C2. The number of hydrogen-bond donors (Lipinski definition) is 2. The second-order valence-electron chi connectivity index (χ2n) is 8.11. The van der Waals surface area contributed by atoms with Gasteiger partial charge in [-0.2, -0.15) is 25.9 Å². The van der Waals surface area contributed by atoms with Gasteiger partial charge in [-0.3, -0.25) is 0 Å². The van der Waals surface area contributed by atoms with Crippen molar-refractivity contribution < 1.29 is 35.9 Å². The summed E-state index contributed by atoms with van der Waals surface area (Å²) < 4.78 is 71.6. The molecule has 1 saturated carbocycles. The number of halogens is 3. The third kappa shape index (κ3) is 3.72. The molecule has 3 heterocycles. The molecule has 0 atom stereocenters. The summed E-state index contributed by atoms with van der Waals surface area (Å²) in [5.74, 6) is 0. The van der Waals surface area contributed by atoms with Crippen molar-refractivity contribution in [3.8, 4) is 0 Å². The van der Waals surface area contributed by atoms with E-state index in [4.69, 9.17) is 4.74 Å². The van der Waals surface area contributed by atoms with Gasteiger partial charge < -0.3 is 19.9 Å². The normalized spacial score (nSPS) is 26.1. The van der Waals surface area contributed by atoms with Gasteiger partial charge >= 0.3 is 18.3 Å². The Hall–Kier alpha value is -1.80. The Morgan fingerprint density at radius 1 is 1.14 bits per heavy atom. The molecule has 164 valence electrons. The molecule has 0 aromatic heterocycles. The predicted octanol–water partition coefficient (Wildman–Crippen LogP) is -0.305. The van der Waals surface area contributed by atoms with Crippen molar-refractivity contribution in [3.05, 3.63) is 0 Å². The first-order valence-electron chi connectivity index (χ1n) is 9.26. The van der Waals surface area contributed by atoms with Crippen LogP contribution in [-0.4, -0.2) is 98.8 Å². The number of rotatable bonds is 4. The van der Waals surface area contributed by atoms with Crippen molar-refractivity contribution >= 4 is 22.3 Å². The molecule has 14 heteroatoms. The maximum Gasteiger partial charge on any atom is 0.407 e. The highest BCUT2D eigenvalue weighted by Crippen LogP contribution is 2.57. The van der Waals surface area contributed by atoms with E-state index >= 15 is 0 Å². The van der Waals surface area contributed by atoms with Crippen LogP contribution >= 0.6 is 0 Å². The van der Waals surface area contributed by atoms with Crippen LogP contribution in [0.5, 0.6) is 0 Å². The molecule has 0 bridgehead atoms. The second-order valence-corrected chi connectivity index (χ2v) is 9.87. The van der Waals surface area contributed by atoms with Crippen LogP contribution < -0.4 is 10.0 Å². The number of urea groups is 1. The van der Waals surface area contributed by atoms with Gasteiger partial charge in [0.15, 0.2) is 0 Å². The number of cyclic esters (lactones) is 1. The van der Waals surface area contributed by atoms with Gasteiger partial charge in [0.05, 0.1) is 18.5 Å². The van der Waals surface area contributed by atoms with Gasteiger partial charge in [-0.1, -0.05) is 0 Å². The van der Waals surface area contributed by atoms with Crippen molar-refractivity contribution in [1.29, 1.82) is 0 Å². The highest BCUT2D eigenvalue weighted by atomic mass is 32.2. The van der Waals surface area contributed by atoms with Crippen molar-refractivity contribution in [2.24, 2.45) is 5.41 Å². The zero-order valence-electron chi connectivity index (χ0n) is 15.5. The van der Waals surface area contributed by atoms with Crippen LogP contribution in [0.3, 0.4) is 0 Å². The van der Waals surface area contributed by atoms with E-state index in [0.29, 0.717) is 13.1 Å².